The monoisotopic (exact) mass is 276 g/mol. The summed E-state index contributed by atoms with van der Waals surface area (Å²) in [5.74, 6) is 0.891. The Hall–Kier alpha value is -1.39. The lowest BCUT2D eigenvalue weighted by molar-refractivity contribution is 0.414. The first-order valence-electron chi connectivity index (χ1n) is 6.40. The molecule has 0 saturated heterocycles. The third-order valence-corrected chi connectivity index (χ3v) is 4.32. The second-order valence-corrected chi connectivity index (χ2v) is 5.91. The lowest BCUT2D eigenvalue weighted by Gasteiger charge is -2.13. The molecule has 0 bridgehead atoms. The van der Waals surface area contributed by atoms with E-state index in [9.17, 15) is 0 Å². The van der Waals surface area contributed by atoms with E-state index in [2.05, 4.69) is 43.2 Å². The zero-order chi connectivity index (χ0) is 13.8. The molecule has 1 N–H and O–H groups in total. The minimum atomic E-state index is 0.301. The molecule has 0 amide bonds. The first kappa shape index (κ1) is 14.0. The third-order valence-electron chi connectivity index (χ3n) is 3.25. The number of aromatic nitrogens is 1. The molecule has 1 aromatic carbocycles. The summed E-state index contributed by atoms with van der Waals surface area (Å²) in [5.41, 5.74) is 2.39. The summed E-state index contributed by atoms with van der Waals surface area (Å²) in [5, 5.41) is 4.65. The molecule has 0 fully saturated rings. The Morgan fingerprint density at radius 2 is 1.95 bits per heavy atom. The third kappa shape index (κ3) is 3.55. The summed E-state index contributed by atoms with van der Waals surface area (Å²) >= 11 is 1.76. The molecule has 2 rings (SSSR count). The van der Waals surface area contributed by atoms with Crippen molar-refractivity contribution in [3.63, 3.8) is 0 Å². The quantitative estimate of drug-likeness (QED) is 0.905. The van der Waals surface area contributed by atoms with Crippen molar-refractivity contribution in [3.8, 4) is 5.75 Å². The molecule has 19 heavy (non-hydrogen) atoms. The molecule has 1 heterocycles. The highest BCUT2D eigenvalue weighted by Gasteiger charge is 2.08. The Bertz CT molecular complexity index is 514. The minimum absolute atomic E-state index is 0.301. The van der Waals surface area contributed by atoms with Crippen molar-refractivity contribution in [1.82, 2.24) is 10.3 Å². The number of nitrogens with zero attached hydrogens (tertiary/aromatic N) is 1. The van der Waals surface area contributed by atoms with Crippen LogP contribution in [0.25, 0.3) is 0 Å². The van der Waals surface area contributed by atoms with E-state index in [-0.39, 0.29) is 0 Å². The number of aryl methyl sites for hydroxylation is 2. The van der Waals surface area contributed by atoms with Crippen molar-refractivity contribution in [2.45, 2.75) is 33.4 Å². The van der Waals surface area contributed by atoms with Gasteiger partial charge in [0.1, 0.15) is 10.8 Å². The summed E-state index contributed by atoms with van der Waals surface area (Å²) in [6.07, 6.45) is 0. The van der Waals surface area contributed by atoms with Gasteiger partial charge in [-0.25, -0.2) is 4.98 Å². The number of hydrogen-bond donors (Lipinski definition) is 1. The Labute approximate surface area is 118 Å². The van der Waals surface area contributed by atoms with Crippen LogP contribution in [0.3, 0.4) is 0 Å². The molecule has 0 aliphatic carbocycles. The molecule has 2 aromatic rings. The van der Waals surface area contributed by atoms with E-state index in [1.54, 1.807) is 18.4 Å². The standard InChI is InChI=1S/C15H20N2OS/c1-10-12(3)19-15(17-10)9-16-11(2)13-5-7-14(18-4)8-6-13/h5-8,11,16H,9H2,1-4H3/t11-/m1/s1. The molecule has 1 aromatic heterocycles. The molecule has 3 nitrogen and oxygen atoms in total. The fourth-order valence-corrected chi connectivity index (χ4v) is 2.75. The Morgan fingerprint density at radius 1 is 1.26 bits per heavy atom. The number of ether oxygens (including phenoxy) is 1. The fraction of sp³-hybridized carbons (Fsp3) is 0.400. The van der Waals surface area contributed by atoms with E-state index in [1.807, 2.05) is 12.1 Å². The molecular formula is C15H20N2OS. The zero-order valence-corrected chi connectivity index (χ0v) is 12.7. The van der Waals surface area contributed by atoms with Crippen LogP contribution >= 0.6 is 11.3 Å². The van der Waals surface area contributed by atoms with Crippen LogP contribution in [0.2, 0.25) is 0 Å². The van der Waals surface area contributed by atoms with Gasteiger partial charge < -0.3 is 10.1 Å². The van der Waals surface area contributed by atoms with Gasteiger partial charge in [0.05, 0.1) is 12.8 Å². The highest BCUT2D eigenvalue weighted by atomic mass is 32.1. The summed E-state index contributed by atoms with van der Waals surface area (Å²) in [4.78, 5) is 5.84. The van der Waals surface area contributed by atoms with Crippen LogP contribution < -0.4 is 10.1 Å². The maximum Gasteiger partial charge on any atom is 0.118 e. The van der Waals surface area contributed by atoms with Gasteiger partial charge in [-0.2, -0.15) is 0 Å². The van der Waals surface area contributed by atoms with E-state index >= 15 is 0 Å². The van der Waals surface area contributed by atoms with Gasteiger partial charge >= 0.3 is 0 Å². The van der Waals surface area contributed by atoms with Gasteiger partial charge in [0.15, 0.2) is 0 Å². The Morgan fingerprint density at radius 3 is 2.47 bits per heavy atom. The summed E-state index contributed by atoms with van der Waals surface area (Å²) in [6.45, 7) is 7.15. The van der Waals surface area contributed by atoms with Gasteiger partial charge in [0, 0.05) is 17.5 Å². The van der Waals surface area contributed by atoms with Gasteiger partial charge in [-0.1, -0.05) is 12.1 Å². The van der Waals surface area contributed by atoms with Crippen LogP contribution in [0.1, 0.15) is 34.1 Å². The molecular weight excluding hydrogens is 256 g/mol. The highest BCUT2D eigenvalue weighted by Crippen LogP contribution is 2.20. The predicted octanol–water partition coefficient (Wildman–Crippen LogP) is 3.62. The summed E-state index contributed by atoms with van der Waals surface area (Å²) < 4.78 is 5.17. The molecule has 0 unspecified atom stereocenters. The predicted molar refractivity (Wildman–Crippen MR) is 79.8 cm³/mol. The lowest BCUT2D eigenvalue weighted by atomic mass is 10.1. The average molecular weight is 276 g/mol. The van der Waals surface area contributed by atoms with Crippen LogP contribution in [-0.2, 0) is 6.54 Å². The molecule has 102 valence electrons. The number of thiazole rings is 1. The lowest BCUT2D eigenvalue weighted by Crippen LogP contribution is -2.17. The van der Waals surface area contributed by atoms with Crippen molar-refractivity contribution < 1.29 is 4.74 Å². The molecule has 1 atom stereocenters. The second-order valence-electron chi connectivity index (χ2n) is 4.62. The van der Waals surface area contributed by atoms with E-state index in [0.29, 0.717) is 6.04 Å². The van der Waals surface area contributed by atoms with Crippen LogP contribution in [-0.4, -0.2) is 12.1 Å². The molecule has 0 spiro atoms. The number of benzene rings is 1. The number of nitrogens with one attached hydrogen (secondary N) is 1. The van der Waals surface area contributed by atoms with Crippen molar-refractivity contribution in [3.05, 3.63) is 45.4 Å². The maximum absolute atomic E-state index is 5.17. The summed E-state index contributed by atoms with van der Waals surface area (Å²) in [6, 6.07) is 8.47. The van der Waals surface area contributed by atoms with Crippen molar-refractivity contribution in [1.29, 1.82) is 0 Å². The first-order chi connectivity index (χ1) is 9.10. The van der Waals surface area contributed by atoms with Gasteiger partial charge in [-0.05, 0) is 38.5 Å². The van der Waals surface area contributed by atoms with E-state index in [4.69, 9.17) is 4.74 Å². The molecule has 0 aliphatic heterocycles. The maximum atomic E-state index is 5.17. The SMILES string of the molecule is COc1ccc([C@@H](C)NCc2nc(C)c(C)s2)cc1. The van der Waals surface area contributed by atoms with Crippen LogP contribution in [0.15, 0.2) is 24.3 Å². The summed E-state index contributed by atoms with van der Waals surface area (Å²) in [7, 11) is 1.68. The van der Waals surface area contributed by atoms with E-state index in [0.717, 1.165) is 23.0 Å². The van der Waals surface area contributed by atoms with Crippen LogP contribution in [0, 0.1) is 13.8 Å². The number of hydrogen-bond acceptors (Lipinski definition) is 4. The van der Waals surface area contributed by atoms with Crippen LogP contribution in [0.4, 0.5) is 0 Å². The average Bonchev–Trinajstić information content (AvgIpc) is 2.75. The minimum Gasteiger partial charge on any atom is -0.497 e. The van der Waals surface area contributed by atoms with Gasteiger partial charge in [-0.15, -0.1) is 11.3 Å². The van der Waals surface area contributed by atoms with Gasteiger partial charge in [0.2, 0.25) is 0 Å². The first-order valence-corrected chi connectivity index (χ1v) is 7.22. The molecule has 0 aliphatic rings. The van der Waals surface area contributed by atoms with Gasteiger partial charge in [-0.3, -0.25) is 0 Å². The fourth-order valence-electron chi connectivity index (χ4n) is 1.87. The zero-order valence-electron chi connectivity index (χ0n) is 11.9. The normalized spacial score (nSPS) is 12.4. The van der Waals surface area contributed by atoms with E-state index in [1.165, 1.54) is 10.4 Å². The van der Waals surface area contributed by atoms with Gasteiger partial charge in [0.25, 0.3) is 0 Å². The Balaban J connectivity index is 1.94. The largest absolute Gasteiger partial charge is 0.497 e. The van der Waals surface area contributed by atoms with E-state index < -0.39 is 0 Å². The molecule has 4 heteroatoms. The topological polar surface area (TPSA) is 34.1 Å². The highest BCUT2D eigenvalue weighted by molar-refractivity contribution is 7.11. The van der Waals surface area contributed by atoms with Crippen molar-refractivity contribution >= 4 is 11.3 Å². The molecule has 0 radical (unpaired) electrons. The number of methoxy groups -OCH3 is 1. The molecule has 0 saturated carbocycles. The smallest absolute Gasteiger partial charge is 0.118 e. The van der Waals surface area contributed by atoms with Crippen molar-refractivity contribution in [2.24, 2.45) is 0 Å². The Kier molecular flexibility index (Phi) is 4.56. The second kappa shape index (κ2) is 6.17. The van der Waals surface area contributed by atoms with Crippen LogP contribution in [0.5, 0.6) is 5.75 Å². The van der Waals surface area contributed by atoms with Crippen molar-refractivity contribution in [2.75, 3.05) is 7.11 Å². The number of rotatable bonds is 5.